The van der Waals surface area contributed by atoms with Gasteiger partial charge in [-0.15, -0.1) is 23.1 Å². The summed E-state index contributed by atoms with van der Waals surface area (Å²) in [7, 11) is 0. The lowest BCUT2D eigenvalue weighted by molar-refractivity contribution is 0.0169. The predicted molar refractivity (Wildman–Crippen MR) is 89.3 cm³/mol. The number of carbonyl (C=O) groups excluding carboxylic acids is 1. The highest BCUT2D eigenvalue weighted by Crippen LogP contribution is 2.46. The van der Waals surface area contributed by atoms with E-state index in [1.54, 1.807) is 18.3 Å². The molecule has 1 fully saturated rings. The fraction of sp³-hybridized carbons (Fsp3) is 0.375. The Bertz CT molecular complexity index is 656. The third kappa shape index (κ3) is 3.04. The summed E-state index contributed by atoms with van der Waals surface area (Å²) in [4.78, 5) is 17.5. The number of thioether (sulfide) groups is 1. The summed E-state index contributed by atoms with van der Waals surface area (Å²) < 4.78 is 0. The standard InChI is InChI=1S/C16H18N2O2S2/c1-21-15-12(4-2-8-17-15)14(19)18-10-16(20,11-6-7-11)13-5-3-9-22-13/h2-5,8-9,11,20H,6-7,10H2,1H3,(H,18,19)/t16-/m0/s1. The Morgan fingerprint density at radius 2 is 2.32 bits per heavy atom. The SMILES string of the molecule is CSc1ncccc1C(=O)NC[C@@](O)(c1cccs1)C1CC1. The molecule has 0 radical (unpaired) electrons. The minimum atomic E-state index is -0.953. The van der Waals surface area contributed by atoms with Gasteiger partial charge in [-0.2, -0.15) is 0 Å². The fourth-order valence-corrected chi connectivity index (χ4v) is 4.01. The summed E-state index contributed by atoms with van der Waals surface area (Å²) in [5.74, 6) is 0.0495. The maximum atomic E-state index is 12.4. The van der Waals surface area contributed by atoms with Crippen LogP contribution < -0.4 is 5.32 Å². The van der Waals surface area contributed by atoms with Crippen LogP contribution in [0.4, 0.5) is 0 Å². The van der Waals surface area contributed by atoms with Crippen molar-refractivity contribution >= 4 is 29.0 Å². The maximum absolute atomic E-state index is 12.4. The molecular formula is C16H18N2O2S2. The highest BCUT2D eigenvalue weighted by Gasteiger charge is 2.46. The number of nitrogens with one attached hydrogen (secondary N) is 1. The zero-order valence-electron chi connectivity index (χ0n) is 12.3. The summed E-state index contributed by atoms with van der Waals surface area (Å²) in [6, 6.07) is 7.38. The van der Waals surface area contributed by atoms with Gasteiger partial charge in [0.05, 0.1) is 12.1 Å². The van der Waals surface area contributed by atoms with E-state index in [1.165, 1.54) is 23.1 Å². The van der Waals surface area contributed by atoms with Crippen LogP contribution in [0.5, 0.6) is 0 Å². The van der Waals surface area contributed by atoms with E-state index >= 15 is 0 Å². The van der Waals surface area contributed by atoms with Gasteiger partial charge in [0.1, 0.15) is 10.6 Å². The number of carbonyl (C=O) groups is 1. The van der Waals surface area contributed by atoms with E-state index in [0.29, 0.717) is 10.6 Å². The predicted octanol–water partition coefficient (Wildman–Crippen LogP) is 2.89. The smallest absolute Gasteiger partial charge is 0.254 e. The van der Waals surface area contributed by atoms with Crippen LogP contribution in [-0.2, 0) is 5.60 Å². The van der Waals surface area contributed by atoms with Crippen molar-refractivity contribution in [3.05, 3.63) is 46.3 Å². The Morgan fingerprint density at radius 1 is 1.50 bits per heavy atom. The summed E-state index contributed by atoms with van der Waals surface area (Å²) in [6.07, 6.45) is 5.58. The van der Waals surface area contributed by atoms with Gasteiger partial charge in [-0.1, -0.05) is 6.07 Å². The highest BCUT2D eigenvalue weighted by molar-refractivity contribution is 7.98. The Labute approximate surface area is 138 Å². The molecule has 0 unspecified atom stereocenters. The van der Waals surface area contributed by atoms with Gasteiger partial charge in [0.25, 0.3) is 5.91 Å². The molecule has 2 aromatic heterocycles. The maximum Gasteiger partial charge on any atom is 0.254 e. The van der Waals surface area contributed by atoms with Gasteiger partial charge in [-0.3, -0.25) is 4.79 Å². The molecule has 116 valence electrons. The van der Waals surface area contributed by atoms with Gasteiger partial charge in [0.15, 0.2) is 0 Å². The van der Waals surface area contributed by atoms with E-state index in [4.69, 9.17) is 0 Å². The van der Waals surface area contributed by atoms with Gasteiger partial charge in [0, 0.05) is 11.1 Å². The molecule has 6 heteroatoms. The molecule has 4 nitrogen and oxygen atoms in total. The zero-order valence-corrected chi connectivity index (χ0v) is 13.9. The van der Waals surface area contributed by atoms with Gasteiger partial charge < -0.3 is 10.4 Å². The van der Waals surface area contributed by atoms with E-state index < -0.39 is 5.60 Å². The Balaban J connectivity index is 1.74. The van der Waals surface area contributed by atoms with Gasteiger partial charge >= 0.3 is 0 Å². The topological polar surface area (TPSA) is 62.2 Å². The molecule has 3 rings (SSSR count). The number of pyridine rings is 1. The molecule has 1 saturated carbocycles. The Kier molecular flexibility index (Phi) is 4.52. The van der Waals surface area contributed by atoms with Crippen LogP contribution >= 0.6 is 23.1 Å². The average Bonchev–Trinajstić information content (AvgIpc) is 3.27. The molecule has 22 heavy (non-hydrogen) atoms. The first kappa shape index (κ1) is 15.5. The number of hydrogen-bond donors (Lipinski definition) is 2. The summed E-state index contributed by atoms with van der Waals surface area (Å²) in [6.45, 7) is 0.236. The Hall–Kier alpha value is -1.37. The van der Waals surface area contributed by atoms with Crippen molar-refractivity contribution in [1.82, 2.24) is 10.3 Å². The van der Waals surface area contributed by atoms with E-state index in [9.17, 15) is 9.90 Å². The van der Waals surface area contributed by atoms with Gasteiger partial charge in [0.2, 0.25) is 0 Å². The summed E-state index contributed by atoms with van der Waals surface area (Å²) >= 11 is 2.98. The lowest BCUT2D eigenvalue weighted by atomic mass is 9.95. The van der Waals surface area contributed by atoms with Crippen LogP contribution in [0.2, 0.25) is 0 Å². The molecule has 2 aromatic rings. The van der Waals surface area contributed by atoms with Crippen molar-refractivity contribution < 1.29 is 9.90 Å². The first-order valence-electron chi connectivity index (χ1n) is 7.18. The minimum Gasteiger partial charge on any atom is -0.382 e. The fourth-order valence-electron chi connectivity index (χ4n) is 2.55. The summed E-state index contributed by atoms with van der Waals surface area (Å²) in [5.41, 5.74) is -0.398. The molecule has 1 aliphatic rings. The largest absolute Gasteiger partial charge is 0.382 e. The number of nitrogens with zero attached hydrogens (tertiary/aromatic N) is 1. The molecule has 0 spiro atoms. The number of hydrogen-bond acceptors (Lipinski definition) is 5. The molecule has 1 aliphatic carbocycles. The number of amides is 1. The molecule has 2 heterocycles. The first-order chi connectivity index (χ1) is 10.6. The third-order valence-corrected chi connectivity index (χ3v) is 5.68. The van der Waals surface area contributed by atoms with E-state index in [2.05, 4.69) is 10.3 Å². The third-order valence-electron chi connectivity index (χ3n) is 3.93. The second-order valence-corrected chi connectivity index (χ2v) is 7.16. The van der Waals surface area contributed by atoms with Crippen molar-refractivity contribution in [3.63, 3.8) is 0 Å². The van der Waals surface area contributed by atoms with Crippen LogP contribution in [0.3, 0.4) is 0 Å². The highest BCUT2D eigenvalue weighted by atomic mass is 32.2. The number of rotatable bonds is 6. The molecule has 1 atom stereocenters. The van der Waals surface area contributed by atoms with Crippen molar-refractivity contribution in [2.45, 2.75) is 23.5 Å². The van der Waals surface area contributed by atoms with E-state index in [-0.39, 0.29) is 18.4 Å². The van der Waals surface area contributed by atoms with Crippen LogP contribution in [0.25, 0.3) is 0 Å². The second-order valence-electron chi connectivity index (χ2n) is 5.42. The monoisotopic (exact) mass is 334 g/mol. The minimum absolute atomic E-state index is 0.187. The first-order valence-corrected chi connectivity index (χ1v) is 9.29. The lowest BCUT2D eigenvalue weighted by Crippen LogP contribution is -2.42. The molecule has 2 N–H and O–H groups in total. The van der Waals surface area contributed by atoms with Crippen LogP contribution in [-0.4, -0.2) is 28.8 Å². The van der Waals surface area contributed by atoms with Crippen molar-refractivity contribution in [2.75, 3.05) is 12.8 Å². The molecule has 0 saturated heterocycles. The van der Waals surface area contributed by atoms with Crippen LogP contribution in [0.1, 0.15) is 28.1 Å². The molecule has 0 aromatic carbocycles. The lowest BCUT2D eigenvalue weighted by Gasteiger charge is -2.27. The Morgan fingerprint density at radius 3 is 2.95 bits per heavy atom. The molecular weight excluding hydrogens is 316 g/mol. The molecule has 0 bridgehead atoms. The van der Waals surface area contributed by atoms with Crippen molar-refractivity contribution in [1.29, 1.82) is 0 Å². The zero-order chi connectivity index (χ0) is 15.6. The average molecular weight is 334 g/mol. The van der Waals surface area contributed by atoms with E-state index in [0.717, 1.165) is 17.7 Å². The number of aliphatic hydroxyl groups is 1. The molecule has 1 amide bonds. The van der Waals surface area contributed by atoms with Gasteiger partial charge in [-0.25, -0.2) is 4.98 Å². The normalized spacial score (nSPS) is 17.0. The van der Waals surface area contributed by atoms with Crippen LogP contribution in [0, 0.1) is 5.92 Å². The number of thiophene rings is 1. The number of aromatic nitrogens is 1. The quantitative estimate of drug-likeness (QED) is 0.798. The molecule has 0 aliphatic heterocycles. The summed E-state index contributed by atoms with van der Waals surface area (Å²) in [5, 5.41) is 16.6. The second kappa shape index (κ2) is 6.40. The van der Waals surface area contributed by atoms with Crippen LogP contribution in [0.15, 0.2) is 40.9 Å². The van der Waals surface area contributed by atoms with E-state index in [1.807, 2.05) is 23.8 Å². The van der Waals surface area contributed by atoms with Gasteiger partial charge in [-0.05, 0) is 48.6 Å². The van der Waals surface area contributed by atoms with Crippen molar-refractivity contribution in [3.8, 4) is 0 Å². The van der Waals surface area contributed by atoms with Crippen molar-refractivity contribution in [2.24, 2.45) is 5.92 Å².